The molecule has 1 aromatic carbocycles. The normalized spacial score (nSPS) is 14.6. The number of nitrogens with one attached hydrogen (secondary N) is 1. The molecule has 0 aliphatic rings. The number of hydrogen-bond donors (Lipinski definition) is 1. The molecule has 0 radical (unpaired) electrons. The highest BCUT2D eigenvalue weighted by molar-refractivity contribution is 14.1. The van der Waals surface area contributed by atoms with Gasteiger partial charge in [-0.2, -0.15) is 0 Å². The maximum atomic E-state index is 13.1. The van der Waals surface area contributed by atoms with Gasteiger partial charge in [0, 0.05) is 9.61 Å². The molecule has 0 amide bonds. The Bertz CT molecular complexity index is 354. The Labute approximate surface area is 117 Å². The maximum Gasteiger partial charge on any atom is 0.124 e. The summed E-state index contributed by atoms with van der Waals surface area (Å²) in [6, 6.07) is 5.41. The molecule has 96 valence electrons. The van der Waals surface area contributed by atoms with Crippen molar-refractivity contribution in [2.45, 2.75) is 39.7 Å². The van der Waals surface area contributed by atoms with E-state index < -0.39 is 0 Å². The summed E-state index contributed by atoms with van der Waals surface area (Å²) in [6.07, 6.45) is 2.37. The van der Waals surface area contributed by atoms with Crippen molar-refractivity contribution in [1.82, 2.24) is 5.32 Å². The minimum Gasteiger partial charge on any atom is -0.310 e. The lowest BCUT2D eigenvalue weighted by atomic mass is 9.91. The summed E-state index contributed by atoms with van der Waals surface area (Å²) in [5.41, 5.74) is 1.22. The summed E-state index contributed by atoms with van der Waals surface area (Å²) in [7, 11) is 0. The van der Waals surface area contributed by atoms with Crippen LogP contribution in [0.25, 0.3) is 0 Å². The fourth-order valence-electron chi connectivity index (χ4n) is 2.21. The molecule has 0 spiro atoms. The highest BCUT2D eigenvalue weighted by Crippen LogP contribution is 2.29. The first-order valence-corrected chi connectivity index (χ1v) is 7.36. The van der Waals surface area contributed by atoms with Crippen LogP contribution in [-0.2, 0) is 0 Å². The molecule has 0 saturated carbocycles. The minimum absolute atomic E-state index is 0.156. The van der Waals surface area contributed by atoms with Gasteiger partial charge in [0.15, 0.2) is 0 Å². The van der Waals surface area contributed by atoms with Crippen LogP contribution in [0.5, 0.6) is 0 Å². The zero-order valence-electron chi connectivity index (χ0n) is 10.8. The lowest BCUT2D eigenvalue weighted by molar-refractivity contribution is 0.367. The summed E-state index contributed by atoms with van der Waals surface area (Å²) < 4.78 is 14.1. The third-order valence-electron chi connectivity index (χ3n) is 3.03. The van der Waals surface area contributed by atoms with Crippen molar-refractivity contribution in [3.63, 3.8) is 0 Å². The van der Waals surface area contributed by atoms with Crippen molar-refractivity contribution in [2.75, 3.05) is 6.54 Å². The van der Waals surface area contributed by atoms with Crippen LogP contribution in [0.15, 0.2) is 18.2 Å². The van der Waals surface area contributed by atoms with Gasteiger partial charge in [0.25, 0.3) is 0 Å². The van der Waals surface area contributed by atoms with E-state index >= 15 is 0 Å². The molecule has 1 rings (SSSR count). The van der Waals surface area contributed by atoms with Crippen LogP contribution in [-0.4, -0.2) is 6.54 Å². The molecule has 0 bridgehead atoms. The van der Waals surface area contributed by atoms with Crippen molar-refractivity contribution in [2.24, 2.45) is 5.92 Å². The summed E-state index contributed by atoms with van der Waals surface area (Å²) in [4.78, 5) is 0. The van der Waals surface area contributed by atoms with Gasteiger partial charge in [-0.25, -0.2) is 4.39 Å². The monoisotopic (exact) mass is 349 g/mol. The van der Waals surface area contributed by atoms with Gasteiger partial charge in [0.2, 0.25) is 0 Å². The first-order chi connectivity index (χ1) is 8.10. The van der Waals surface area contributed by atoms with E-state index in [2.05, 4.69) is 48.7 Å². The van der Waals surface area contributed by atoms with Crippen LogP contribution in [0.4, 0.5) is 4.39 Å². The molecule has 0 aromatic heterocycles. The average Bonchev–Trinajstić information content (AvgIpc) is 2.27. The Balaban J connectivity index is 2.96. The SMILES string of the molecule is CCCC(C)C(NCC)c1ccc(F)cc1I. The molecular formula is C14H21FIN. The largest absolute Gasteiger partial charge is 0.310 e. The van der Waals surface area contributed by atoms with E-state index in [4.69, 9.17) is 0 Å². The zero-order chi connectivity index (χ0) is 12.8. The number of rotatable bonds is 6. The summed E-state index contributed by atoms with van der Waals surface area (Å²) >= 11 is 2.22. The van der Waals surface area contributed by atoms with Gasteiger partial charge in [-0.1, -0.05) is 33.3 Å². The van der Waals surface area contributed by atoms with Crippen LogP contribution >= 0.6 is 22.6 Å². The highest BCUT2D eigenvalue weighted by Gasteiger charge is 2.19. The van der Waals surface area contributed by atoms with Crippen LogP contribution in [0.1, 0.15) is 45.2 Å². The fraction of sp³-hybridized carbons (Fsp3) is 0.571. The molecule has 17 heavy (non-hydrogen) atoms. The third-order valence-corrected chi connectivity index (χ3v) is 3.97. The summed E-state index contributed by atoms with van der Waals surface area (Å²) in [6.45, 7) is 7.51. The predicted octanol–water partition coefficient (Wildman–Crippen LogP) is 4.52. The van der Waals surface area contributed by atoms with Gasteiger partial charge in [-0.05, 0) is 59.2 Å². The van der Waals surface area contributed by atoms with Crippen molar-refractivity contribution < 1.29 is 4.39 Å². The Morgan fingerprint density at radius 1 is 1.35 bits per heavy atom. The quantitative estimate of drug-likeness (QED) is 0.745. The summed E-state index contributed by atoms with van der Waals surface area (Å²) in [5.74, 6) is 0.412. The van der Waals surface area contributed by atoms with Gasteiger partial charge < -0.3 is 5.32 Å². The molecule has 0 aliphatic carbocycles. The lowest BCUT2D eigenvalue weighted by Gasteiger charge is -2.26. The second-order valence-electron chi connectivity index (χ2n) is 4.47. The van der Waals surface area contributed by atoms with Crippen molar-refractivity contribution >= 4 is 22.6 Å². The van der Waals surface area contributed by atoms with E-state index in [-0.39, 0.29) is 5.82 Å². The van der Waals surface area contributed by atoms with Crippen molar-refractivity contribution in [1.29, 1.82) is 0 Å². The highest BCUT2D eigenvalue weighted by atomic mass is 127. The first-order valence-electron chi connectivity index (χ1n) is 6.28. The molecule has 0 heterocycles. The van der Waals surface area contributed by atoms with E-state index in [1.54, 1.807) is 12.1 Å². The van der Waals surface area contributed by atoms with E-state index in [0.29, 0.717) is 12.0 Å². The molecule has 1 nitrogen and oxygen atoms in total. The predicted molar refractivity (Wildman–Crippen MR) is 79.6 cm³/mol. The van der Waals surface area contributed by atoms with Crippen molar-refractivity contribution in [3.8, 4) is 0 Å². The molecule has 0 fully saturated rings. The van der Waals surface area contributed by atoms with Crippen LogP contribution < -0.4 is 5.32 Å². The summed E-state index contributed by atoms with van der Waals surface area (Å²) in [5, 5.41) is 3.52. The molecule has 3 heteroatoms. The number of halogens is 2. The van der Waals surface area contributed by atoms with Crippen molar-refractivity contribution in [3.05, 3.63) is 33.1 Å². The lowest BCUT2D eigenvalue weighted by Crippen LogP contribution is -2.27. The van der Waals surface area contributed by atoms with E-state index in [1.165, 1.54) is 18.4 Å². The van der Waals surface area contributed by atoms with Gasteiger partial charge >= 0.3 is 0 Å². The van der Waals surface area contributed by atoms with E-state index in [9.17, 15) is 4.39 Å². The molecule has 1 N–H and O–H groups in total. The smallest absolute Gasteiger partial charge is 0.124 e. The molecule has 2 atom stereocenters. The Kier molecular flexibility index (Phi) is 6.41. The van der Waals surface area contributed by atoms with Crippen LogP contribution in [0.2, 0.25) is 0 Å². The van der Waals surface area contributed by atoms with Gasteiger partial charge in [0.05, 0.1) is 0 Å². The molecular weight excluding hydrogens is 328 g/mol. The van der Waals surface area contributed by atoms with Gasteiger partial charge in [0.1, 0.15) is 5.82 Å². The second kappa shape index (κ2) is 7.31. The molecule has 1 aromatic rings. The standard InChI is InChI=1S/C14H21FIN/c1-4-6-10(3)14(17-5-2)12-8-7-11(15)9-13(12)16/h7-10,14,17H,4-6H2,1-3H3. The Hall–Kier alpha value is -0.160. The minimum atomic E-state index is -0.156. The van der Waals surface area contributed by atoms with Crippen LogP contribution in [0, 0.1) is 15.3 Å². The fourth-order valence-corrected chi connectivity index (χ4v) is 3.03. The van der Waals surface area contributed by atoms with Crippen LogP contribution in [0.3, 0.4) is 0 Å². The van der Waals surface area contributed by atoms with E-state index in [1.807, 2.05) is 6.07 Å². The average molecular weight is 349 g/mol. The Morgan fingerprint density at radius 3 is 2.59 bits per heavy atom. The topological polar surface area (TPSA) is 12.0 Å². The molecule has 0 saturated heterocycles. The third kappa shape index (κ3) is 4.21. The maximum absolute atomic E-state index is 13.1. The number of hydrogen-bond acceptors (Lipinski definition) is 1. The zero-order valence-corrected chi connectivity index (χ0v) is 12.9. The number of benzene rings is 1. The first kappa shape index (κ1) is 14.9. The molecule has 0 aliphatic heterocycles. The van der Waals surface area contributed by atoms with Gasteiger partial charge in [-0.15, -0.1) is 0 Å². The second-order valence-corrected chi connectivity index (χ2v) is 5.63. The van der Waals surface area contributed by atoms with E-state index in [0.717, 1.165) is 10.1 Å². The Morgan fingerprint density at radius 2 is 2.06 bits per heavy atom. The van der Waals surface area contributed by atoms with Gasteiger partial charge in [-0.3, -0.25) is 0 Å². The molecule has 2 unspecified atom stereocenters.